The van der Waals surface area contributed by atoms with Gasteiger partial charge < -0.3 is 14.4 Å². The number of fused-ring (bicyclic) bond motifs is 6. The topological polar surface area (TPSA) is 114 Å². The summed E-state index contributed by atoms with van der Waals surface area (Å²) in [6, 6.07) is 2.05. The first-order chi connectivity index (χ1) is 20.3. The van der Waals surface area contributed by atoms with Crippen molar-refractivity contribution in [3.8, 4) is 0 Å². The van der Waals surface area contributed by atoms with Crippen LogP contribution < -0.4 is 4.90 Å². The summed E-state index contributed by atoms with van der Waals surface area (Å²) in [5, 5.41) is 15.3. The van der Waals surface area contributed by atoms with Gasteiger partial charge in [-0.1, -0.05) is 5.16 Å². The molecule has 0 atom stereocenters. The summed E-state index contributed by atoms with van der Waals surface area (Å²) in [4.78, 5) is 30.2. The first kappa shape index (κ1) is 29.2. The number of ether oxygens (including phenoxy) is 1. The van der Waals surface area contributed by atoms with Crippen molar-refractivity contribution in [1.82, 2.24) is 20.1 Å². The van der Waals surface area contributed by atoms with Crippen LogP contribution in [0.1, 0.15) is 148 Å². The zero-order chi connectivity index (χ0) is 30.3. The number of aliphatic hydroxyl groups is 1. The van der Waals surface area contributed by atoms with Gasteiger partial charge in [0.1, 0.15) is 5.60 Å². The number of hydrogen-bond acceptors (Lipinski definition) is 8. The molecule has 43 heavy (non-hydrogen) atoms. The van der Waals surface area contributed by atoms with Gasteiger partial charge in [-0.05, 0) is 141 Å². The van der Waals surface area contributed by atoms with Crippen molar-refractivity contribution in [1.29, 1.82) is 0 Å². The Hall–Kier alpha value is -2.55. The van der Waals surface area contributed by atoms with Crippen molar-refractivity contribution >= 4 is 12.0 Å². The first-order valence-corrected chi connectivity index (χ1v) is 16.7. The van der Waals surface area contributed by atoms with Gasteiger partial charge in [-0.2, -0.15) is 4.98 Å². The molecular formula is C34H49N5O4. The molecule has 7 saturated carbocycles. The van der Waals surface area contributed by atoms with E-state index in [9.17, 15) is 9.90 Å². The zero-order valence-electron chi connectivity index (χ0n) is 26.7. The molecule has 1 N–H and O–H groups in total. The molecule has 2 aromatic rings. The number of aromatic nitrogens is 4. The van der Waals surface area contributed by atoms with Crippen LogP contribution >= 0.6 is 0 Å². The number of nitrogens with zero attached hydrogens (tertiary/aromatic N) is 5. The van der Waals surface area contributed by atoms with Gasteiger partial charge in [0.05, 0.1) is 11.3 Å². The highest BCUT2D eigenvalue weighted by atomic mass is 16.6. The number of hydrogen-bond donors (Lipinski definition) is 1. The molecule has 2 aromatic heterocycles. The minimum absolute atomic E-state index is 0.00972. The third-order valence-electron chi connectivity index (χ3n) is 12.3. The SMILES string of the molecule is CC(C)(C)OC(=O)N(CC12CCC(c3nc(C4CC4)no3)(CC1)CC2)c1nccc(C23CCC(C(C)(C)O)(CC2)CC3)n1. The van der Waals surface area contributed by atoms with E-state index in [0.717, 1.165) is 94.5 Å². The molecule has 7 aliphatic carbocycles. The molecule has 1 amide bonds. The van der Waals surface area contributed by atoms with Crippen LogP contribution in [-0.4, -0.2) is 49.1 Å². The smallest absolute Gasteiger partial charge is 0.417 e. The molecule has 9 heteroatoms. The standard InChI is InChI=1S/C34H49N5O4/c1-29(2,3)42-28(40)39(22-31-9-12-33(13-10-31,14-11-31)26-37-25(38-43-26)23-6-7-23)27-35-21-8-24(36-27)32-15-18-34(19-16-32,20-17-32)30(4,5)41/h8,21,23,41H,6-7,9-20,22H2,1-5H3. The van der Waals surface area contributed by atoms with Crippen LogP contribution in [0.2, 0.25) is 0 Å². The first-order valence-electron chi connectivity index (χ1n) is 16.7. The van der Waals surface area contributed by atoms with Crippen LogP contribution in [0.4, 0.5) is 10.7 Å². The van der Waals surface area contributed by atoms with E-state index in [-0.39, 0.29) is 27.8 Å². The average molecular weight is 592 g/mol. The van der Waals surface area contributed by atoms with Gasteiger partial charge in [-0.3, -0.25) is 0 Å². The number of carbonyl (C=O) groups excluding carboxylic acids is 1. The lowest BCUT2D eigenvalue weighted by Gasteiger charge is -2.57. The van der Waals surface area contributed by atoms with Crippen LogP contribution in [0.5, 0.6) is 0 Å². The third-order valence-corrected chi connectivity index (χ3v) is 12.3. The molecule has 4 bridgehead atoms. The van der Waals surface area contributed by atoms with Crippen LogP contribution in [-0.2, 0) is 15.6 Å². The number of amides is 1. The summed E-state index contributed by atoms with van der Waals surface area (Å²) in [5.74, 6) is 2.66. The lowest BCUT2D eigenvalue weighted by Crippen LogP contribution is -2.54. The molecular weight excluding hydrogens is 542 g/mol. The molecule has 9 rings (SSSR count). The van der Waals surface area contributed by atoms with Crippen molar-refractivity contribution in [3.05, 3.63) is 29.7 Å². The Balaban J connectivity index is 1.13. The summed E-state index contributed by atoms with van der Waals surface area (Å²) in [6.07, 6.45) is 15.8. The molecule has 234 valence electrons. The fraction of sp³-hybridized carbons (Fsp3) is 0.794. The number of carbonyl (C=O) groups is 1. The molecule has 0 spiro atoms. The molecule has 9 nitrogen and oxygen atoms in total. The fourth-order valence-electron chi connectivity index (χ4n) is 8.91. The highest BCUT2D eigenvalue weighted by Crippen LogP contribution is 2.61. The highest BCUT2D eigenvalue weighted by Gasteiger charge is 2.56. The van der Waals surface area contributed by atoms with Crippen LogP contribution in [0.25, 0.3) is 0 Å². The lowest BCUT2D eigenvalue weighted by atomic mass is 9.49. The van der Waals surface area contributed by atoms with Gasteiger partial charge in [-0.15, -0.1) is 0 Å². The lowest BCUT2D eigenvalue weighted by molar-refractivity contribution is -0.120. The third kappa shape index (κ3) is 5.07. The Kier molecular flexibility index (Phi) is 6.60. The van der Waals surface area contributed by atoms with E-state index in [1.54, 1.807) is 4.90 Å². The second-order valence-corrected chi connectivity index (χ2v) is 16.4. The van der Waals surface area contributed by atoms with Crippen LogP contribution in [0.3, 0.4) is 0 Å². The van der Waals surface area contributed by atoms with E-state index in [2.05, 4.69) is 10.1 Å². The van der Waals surface area contributed by atoms with Gasteiger partial charge in [0.2, 0.25) is 11.8 Å². The molecule has 0 aliphatic heterocycles. The van der Waals surface area contributed by atoms with Crippen LogP contribution in [0.15, 0.2) is 16.8 Å². The normalized spacial score (nSPS) is 33.9. The Morgan fingerprint density at radius 3 is 2.09 bits per heavy atom. The fourth-order valence-corrected chi connectivity index (χ4v) is 8.91. The van der Waals surface area contributed by atoms with E-state index in [4.69, 9.17) is 19.2 Å². The van der Waals surface area contributed by atoms with Gasteiger partial charge in [0, 0.05) is 29.5 Å². The summed E-state index contributed by atoms with van der Waals surface area (Å²) in [5.41, 5.74) is -0.356. The van der Waals surface area contributed by atoms with E-state index < -0.39 is 11.2 Å². The second kappa shape index (κ2) is 9.72. The predicted octanol–water partition coefficient (Wildman–Crippen LogP) is 7.13. The van der Waals surface area contributed by atoms with E-state index in [1.807, 2.05) is 46.9 Å². The van der Waals surface area contributed by atoms with Crippen molar-refractivity contribution in [2.75, 3.05) is 11.4 Å². The summed E-state index contributed by atoms with van der Waals surface area (Å²) >= 11 is 0. The average Bonchev–Trinajstić information content (AvgIpc) is 3.72. The number of anilines is 1. The molecule has 7 aliphatic rings. The molecule has 0 saturated heterocycles. The molecule has 0 unspecified atom stereocenters. The summed E-state index contributed by atoms with van der Waals surface area (Å²) < 4.78 is 11.8. The van der Waals surface area contributed by atoms with Crippen molar-refractivity contribution in [2.45, 2.75) is 152 Å². The van der Waals surface area contributed by atoms with Gasteiger partial charge in [0.25, 0.3) is 0 Å². The Morgan fingerprint density at radius 2 is 1.53 bits per heavy atom. The minimum Gasteiger partial charge on any atom is -0.443 e. The summed E-state index contributed by atoms with van der Waals surface area (Å²) in [7, 11) is 0. The van der Waals surface area contributed by atoms with Crippen molar-refractivity contribution in [2.24, 2.45) is 10.8 Å². The Morgan fingerprint density at radius 1 is 0.930 bits per heavy atom. The Bertz CT molecular complexity index is 1330. The second-order valence-electron chi connectivity index (χ2n) is 16.4. The maximum Gasteiger partial charge on any atom is 0.417 e. The zero-order valence-corrected chi connectivity index (χ0v) is 26.7. The largest absolute Gasteiger partial charge is 0.443 e. The van der Waals surface area contributed by atoms with E-state index in [1.165, 1.54) is 12.8 Å². The van der Waals surface area contributed by atoms with Crippen molar-refractivity contribution in [3.63, 3.8) is 0 Å². The van der Waals surface area contributed by atoms with Gasteiger partial charge in [0.15, 0.2) is 5.82 Å². The minimum atomic E-state index is -0.677. The quantitative estimate of drug-likeness (QED) is 0.362. The molecule has 0 aromatic carbocycles. The maximum absolute atomic E-state index is 13.8. The molecule has 7 fully saturated rings. The monoisotopic (exact) mass is 591 g/mol. The Labute approximate surface area is 255 Å². The van der Waals surface area contributed by atoms with Gasteiger partial charge in [-0.25, -0.2) is 19.7 Å². The number of rotatable bonds is 7. The summed E-state index contributed by atoms with van der Waals surface area (Å²) in [6.45, 7) is 10.2. The van der Waals surface area contributed by atoms with Crippen molar-refractivity contribution < 1.29 is 19.2 Å². The van der Waals surface area contributed by atoms with Gasteiger partial charge >= 0.3 is 6.09 Å². The highest BCUT2D eigenvalue weighted by molar-refractivity contribution is 5.85. The predicted molar refractivity (Wildman–Crippen MR) is 162 cm³/mol. The maximum atomic E-state index is 13.8. The van der Waals surface area contributed by atoms with E-state index in [0.29, 0.717) is 18.4 Å². The van der Waals surface area contributed by atoms with Crippen LogP contribution in [0, 0.1) is 10.8 Å². The molecule has 2 heterocycles. The van der Waals surface area contributed by atoms with E-state index >= 15 is 0 Å². The molecule has 0 radical (unpaired) electrons.